The summed E-state index contributed by atoms with van der Waals surface area (Å²) in [5.41, 5.74) is 4.03. The van der Waals surface area contributed by atoms with E-state index in [4.69, 9.17) is 15.3 Å². The summed E-state index contributed by atoms with van der Waals surface area (Å²) < 4.78 is 56.8. The van der Waals surface area contributed by atoms with Crippen LogP contribution >= 0.6 is 0 Å². The van der Waals surface area contributed by atoms with Crippen LogP contribution in [-0.4, -0.2) is 19.3 Å². The summed E-state index contributed by atoms with van der Waals surface area (Å²) in [4.78, 5) is 15.1. The summed E-state index contributed by atoms with van der Waals surface area (Å²) in [5.74, 6) is -3.95. The minimum Gasteiger partial charge on any atom is -0.435 e. The second-order valence-corrected chi connectivity index (χ2v) is 6.73. The third-order valence-electron chi connectivity index (χ3n) is 3.48. The maximum Gasteiger partial charge on any atom is 0.271 e. The lowest BCUT2D eigenvalue weighted by molar-refractivity contribution is 0.0996. The zero-order valence-corrected chi connectivity index (χ0v) is 13.8. The molecule has 0 aliphatic rings. The highest BCUT2D eigenvalue weighted by Crippen LogP contribution is 2.34. The Hall–Kier alpha value is -3.11. The van der Waals surface area contributed by atoms with Crippen LogP contribution in [0.3, 0.4) is 0 Å². The molecule has 0 unspecified atom stereocenters. The molecule has 0 saturated carbocycles. The molecule has 134 valence electrons. The summed E-state index contributed by atoms with van der Waals surface area (Å²) in [7, 11) is -4.18. The van der Waals surface area contributed by atoms with Crippen molar-refractivity contribution in [2.24, 2.45) is 10.9 Å². The summed E-state index contributed by atoms with van der Waals surface area (Å²) in [6.07, 6.45) is 0. The second-order valence-electron chi connectivity index (χ2n) is 5.20. The number of primary amides is 1. The number of amides is 1. The second kappa shape index (κ2) is 6.32. The molecular weight excluding hydrogens is 368 g/mol. The zero-order valence-electron chi connectivity index (χ0n) is 12.9. The molecule has 1 aromatic heterocycles. The van der Waals surface area contributed by atoms with Gasteiger partial charge in [-0.2, -0.15) is 0 Å². The SMILES string of the molecule is NC(=O)c1nc(-c2c(F)cccc2F)oc1-c1ccccc1S(N)(=O)=O. The van der Waals surface area contributed by atoms with Crippen LogP contribution in [0.25, 0.3) is 22.8 Å². The highest BCUT2D eigenvalue weighted by atomic mass is 32.2. The molecule has 0 spiro atoms. The quantitative estimate of drug-likeness (QED) is 0.716. The third kappa shape index (κ3) is 3.07. The number of oxazole rings is 1. The number of benzene rings is 2. The standard InChI is InChI=1S/C16H11F2N3O4S/c17-9-5-3-6-10(18)12(9)16-21-13(15(19)22)14(25-16)8-4-1-2-7-11(8)26(20,23)24/h1-7H,(H2,19,22)(H2,20,23,24). The van der Waals surface area contributed by atoms with Gasteiger partial charge in [0, 0.05) is 5.56 Å². The predicted molar refractivity (Wildman–Crippen MR) is 87.2 cm³/mol. The Morgan fingerprint density at radius 2 is 1.65 bits per heavy atom. The van der Waals surface area contributed by atoms with E-state index in [0.29, 0.717) is 0 Å². The van der Waals surface area contributed by atoms with Crippen molar-refractivity contribution in [3.05, 3.63) is 59.8 Å². The molecule has 0 fully saturated rings. The molecule has 0 saturated heterocycles. The van der Waals surface area contributed by atoms with E-state index in [-0.39, 0.29) is 16.2 Å². The summed E-state index contributed by atoms with van der Waals surface area (Å²) in [6.45, 7) is 0. The number of aromatic nitrogens is 1. The van der Waals surface area contributed by atoms with Crippen molar-refractivity contribution in [3.8, 4) is 22.8 Å². The van der Waals surface area contributed by atoms with Crippen molar-refractivity contribution in [1.29, 1.82) is 0 Å². The average Bonchev–Trinajstić information content (AvgIpc) is 2.99. The molecular formula is C16H11F2N3O4S. The number of hydrogen-bond acceptors (Lipinski definition) is 5. The van der Waals surface area contributed by atoms with Crippen molar-refractivity contribution in [2.45, 2.75) is 4.90 Å². The molecule has 0 bridgehead atoms. The predicted octanol–water partition coefficient (Wildman–Crippen LogP) is 2.03. The smallest absolute Gasteiger partial charge is 0.271 e. The van der Waals surface area contributed by atoms with Gasteiger partial charge in [0.15, 0.2) is 11.5 Å². The zero-order chi connectivity index (χ0) is 19.1. The van der Waals surface area contributed by atoms with E-state index in [1.165, 1.54) is 24.3 Å². The number of rotatable bonds is 4. The first-order valence-corrected chi connectivity index (χ1v) is 8.62. The van der Waals surface area contributed by atoms with E-state index >= 15 is 0 Å². The highest BCUT2D eigenvalue weighted by Gasteiger charge is 2.27. The van der Waals surface area contributed by atoms with Crippen molar-refractivity contribution in [2.75, 3.05) is 0 Å². The lowest BCUT2D eigenvalue weighted by Crippen LogP contribution is -2.15. The number of hydrogen-bond donors (Lipinski definition) is 2. The lowest BCUT2D eigenvalue weighted by atomic mass is 10.1. The Morgan fingerprint density at radius 1 is 1.04 bits per heavy atom. The van der Waals surface area contributed by atoms with Gasteiger partial charge < -0.3 is 10.2 Å². The molecule has 1 amide bonds. The van der Waals surface area contributed by atoms with Crippen LogP contribution in [0.2, 0.25) is 0 Å². The van der Waals surface area contributed by atoms with Crippen LogP contribution < -0.4 is 10.9 Å². The van der Waals surface area contributed by atoms with Gasteiger partial charge in [0.05, 0.1) is 4.90 Å². The molecule has 3 aromatic rings. The number of nitrogens with two attached hydrogens (primary N) is 2. The van der Waals surface area contributed by atoms with Crippen molar-refractivity contribution >= 4 is 15.9 Å². The summed E-state index contributed by atoms with van der Waals surface area (Å²) >= 11 is 0. The normalized spacial score (nSPS) is 11.5. The fourth-order valence-corrected chi connectivity index (χ4v) is 3.12. The minimum absolute atomic E-state index is 0.112. The highest BCUT2D eigenvalue weighted by molar-refractivity contribution is 7.89. The van der Waals surface area contributed by atoms with Gasteiger partial charge in [-0.3, -0.25) is 4.79 Å². The van der Waals surface area contributed by atoms with Gasteiger partial charge in [-0.25, -0.2) is 27.3 Å². The number of primary sulfonamides is 1. The van der Waals surface area contributed by atoms with Gasteiger partial charge in [0.1, 0.15) is 17.2 Å². The van der Waals surface area contributed by atoms with E-state index in [0.717, 1.165) is 18.2 Å². The first-order valence-electron chi connectivity index (χ1n) is 7.07. The van der Waals surface area contributed by atoms with Crippen LogP contribution in [0.4, 0.5) is 8.78 Å². The number of nitrogens with zero attached hydrogens (tertiary/aromatic N) is 1. The molecule has 10 heteroatoms. The summed E-state index contributed by atoms with van der Waals surface area (Å²) in [6, 6.07) is 8.44. The van der Waals surface area contributed by atoms with Crippen molar-refractivity contribution < 1.29 is 26.4 Å². The van der Waals surface area contributed by atoms with E-state index in [1.807, 2.05) is 0 Å². The van der Waals surface area contributed by atoms with Gasteiger partial charge in [0.25, 0.3) is 5.91 Å². The maximum absolute atomic E-state index is 14.0. The molecule has 3 rings (SSSR count). The van der Waals surface area contributed by atoms with E-state index in [2.05, 4.69) is 4.98 Å². The molecule has 7 nitrogen and oxygen atoms in total. The van der Waals surface area contributed by atoms with Crippen LogP contribution in [0.1, 0.15) is 10.5 Å². The van der Waals surface area contributed by atoms with Crippen molar-refractivity contribution in [3.63, 3.8) is 0 Å². The van der Waals surface area contributed by atoms with Crippen molar-refractivity contribution in [1.82, 2.24) is 4.98 Å². The first-order chi connectivity index (χ1) is 12.2. The average molecular weight is 379 g/mol. The van der Waals surface area contributed by atoms with E-state index in [1.54, 1.807) is 0 Å². The van der Waals surface area contributed by atoms with Gasteiger partial charge in [-0.1, -0.05) is 18.2 Å². The Bertz CT molecular complexity index is 1110. The Morgan fingerprint density at radius 3 is 2.23 bits per heavy atom. The van der Waals surface area contributed by atoms with E-state index in [9.17, 15) is 22.0 Å². The molecule has 26 heavy (non-hydrogen) atoms. The molecule has 4 N–H and O–H groups in total. The van der Waals surface area contributed by atoms with Crippen LogP contribution in [0, 0.1) is 11.6 Å². The minimum atomic E-state index is -4.18. The number of carbonyl (C=O) groups excluding carboxylic acids is 1. The molecule has 1 heterocycles. The van der Waals surface area contributed by atoms with Crippen LogP contribution in [0.5, 0.6) is 0 Å². The fraction of sp³-hybridized carbons (Fsp3) is 0. The number of carbonyl (C=O) groups is 1. The molecule has 0 aliphatic heterocycles. The molecule has 0 atom stereocenters. The van der Waals surface area contributed by atoms with Gasteiger partial charge in [-0.15, -0.1) is 0 Å². The van der Waals surface area contributed by atoms with Gasteiger partial charge in [0.2, 0.25) is 15.9 Å². The third-order valence-corrected chi connectivity index (χ3v) is 4.44. The van der Waals surface area contributed by atoms with Gasteiger partial charge >= 0.3 is 0 Å². The summed E-state index contributed by atoms with van der Waals surface area (Å²) in [5, 5.41) is 5.16. The van der Waals surface area contributed by atoms with Crippen LogP contribution in [0.15, 0.2) is 51.8 Å². The largest absolute Gasteiger partial charge is 0.435 e. The first kappa shape index (κ1) is 17.7. The Kier molecular flexibility index (Phi) is 4.30. The molecule has 0 radical (unpaired) electrons. The monoisotopic (exact) mass is 379 g/mol. The maximum atomic E-state index is 14.0. The number of sulfonamides is 1. The fourth-order valence-electron chi connectivity index (χ4n) is 2.38. The lowest BCUT2D eigenvalue weighted by Gasteiger charge is -2.05. The number of halogens is 2. The van der Waals surface area contributed by atoms with Crippen LogP contribution in [-0.2, 0) is 10.0 Å². The Labute approximate surface area is 146 Å². The van der Waals surface area contributed by atoms with E-state index < -0.39 is 44.7 Å². The molecule has 2 aromatic carbocycles. The molecule has 0 aliphatic carbocycles. The van der Waals surface area contributed by atoms with Gasteiger partial charge in [-0.05, 0) is 24.3 Å². The Balaban J connectivity index is 2.32. The topological polar surface area (TPSA) is 129 Å².